The average molecular weight is 283 g/mol. The normalized spacial score (nSPS) is 18.6. The summed E-state index contributed by atoms with van der Waals surface area (Å²) in [5.74, 6) is -0.726. The third-order valence-electron chi connectivity index (χ3n) is 3.63. The molecule has 0 aliphatic carbocycles. The summed E-state index contributed by atoms with van der Waals surface area (Å²) in [6, 6.07) is 9.31. The molecule has 2 amide bonds. The molecule has 0 radical (unpaired) electrons. The molecule has 1 fully saturated rings. The Hall–Kier alpha value is -2.43. The van der Waals surface area contributed by atoms with Gasteiger partial charge in [0.1, 0.15) is 5.92 Å². The van der Waals surface area contributed by atoms with Gasteiger partial charge in [0.05, 0.1) is 11.2 Å². The van der Waals surface area contributed by atoms with E-state index in [-0.39, 0.29) is 11.8 Å². The van der Waals surface area contributed by atoms with Gasteiger partial charge >= 0.3 is 0 Å². The molecule has 1 aromatic carbocycles. The number of anilines is 1. The van der Waals surface area contributed by atoms with Gasteiger partial charge in [-0.3, -0.25) is 20.0 Å². The van der Waals surface area contributed by atoms with Crippen molar-refractivity contribution in [2.75, 3.05) is 5.01 Å². The van der Waals surface area contributed by atoms with Crippen LogP contribution >= 0.6 is 0 Å². The van der Waals surface area contributed by atoms with Crippen molar-refractivity contribution >= 4 is 28.4 Å². The van der Waals surface area contributed by atoms with Gasteiger partial charge in [0.25, 0.3) is 11.8 Å². The van der Waals surface area contributed by atoms with Crippen LogP contribution in [-0.2, 0) is 9.59 Å². The zero-order valence-electron chi connectivity index (χ0n) is 12.0. The van der Waals surface area contributed by atoms with E-state index in [2.05, 4.69) is 10.4 Å². The van der Waals surface area contributed by atoms with Crippen molar-refractivity contribution in [3.8, 4) is 0 Å². The summed E-state index contributed by atoms with van der Waals surface area (Å²) in [4.78, 5) is 28.8. The van der Waals surface area contributed by atoms with E-state index in [1.807, 2.05) is 38.1 Å². The molecule has 108 valence electrons. The van der Waals surface area contributed by atoms with Crippen molar-refractivity contribution in [3.63, 3.8) is 0 Å². The van der Waals surface area contributed by atoms with Crippen LogP contribution in [0.3, 0.4) is 0 Å². The van der Waals surface area contributed by atoms with Crippen LogP contribution in [-0.4, -0.2) is 16.8 Å². The fraction of sp³-hybridized carbons (Fsp3) is 0.312. The lowest BCUT2D eigenvalue weighted by Crippen LogP contribution is -2.36. The van der Waals surface area contributed by atoms with Crippen LogP contribution in [0.2, 0.25) is 0 Å². The summed E-state index contributed by atoms with van der Waals surface area (Å²) < 4.78 is 0. The van der Waals surface area contributed by atoms with Gasteiger partial charge in [0.15, 0.2) is 0 Å². The number of hydrogen-bond acceptors (Lipinski definition) is 3. The van der Waals surface area contributed by atoms with Gasteiger partial charge < -0.3 is 0 Å². The van der Waals surface area contributed by atoms with Crippen LogP contribution in [0.25, 0.3) is 10.9 Å². The third-order valence-corrected chi connectivity index (χ3v) is 3.63. The van der Waals surface area contributed by atoms with E-state index in [1.54, 1.807) is 12.3 Å². The second-order valence-electron chi connectivity index (χ2n) is 5.68. The van der Waals surface area contributed by atoms with Gasteiger partial charge in [-0.1, -0.05) is 32.0 Å². The predicted octanol–water partition coefficient (Wildman–Crippen LogP) is 2.27. The van der Waals surface area contributed by atoms with Crippen LogP contribution < -0.4 is 10.4 Å². The summed E-state index contributed by atoms with van der Waals surface area (Å²) >= 11 is 0. The number of pyridine rings is 1. The Balaban J connectivity index is 2.00. The zero-order valence-corrected chi connectivity index (χ0v) is 12.0. The van der Waals surface area contributed by atoms with Crippen LogP contribution in [0.1, 0.15) is 20.3 Å². The van der Waals surface area contributed by atoms with E-state index < -0.39 is 5.92 Å². The first-order chi connectivity index (χ1) is 10.1. The topological polar surface area (TPSA) is 62.3 Å². The van der Waals surface area contributed by atoms with Gasteiger partial charge in [-0.2, -0.15) is 0 Å². The molecule has 0 spiro atoms. The first-order valence-corrected chi connectivity index (χ1v) is 7.06. The van der Waals surface area contributed by atoms with E-state index in [4.69, 9.17) is 0 Å². The third kappa shape index (κ3) is 2.35. The molecule has 5 nitrogen and oxygen atoms in total. The van der Waals surface area contributed by atoms with Crippen molar-refractivity contribution < 1.29 is 9.59 Å². The fourth-order valence-corrected chi connectivity index (χ4v) is 2.65. The summed E-state index contributed by atoms with van der Waals surface area (Å²) in [6.07, 6.45) is 2.21. The Morgan fingerprint density at radius 1 is 1.24 bits per heavy atom. The summed E-state index contributed by atoms with van der Waals surface area (Å²) in [7, 11) is 0. The van der Waals surface area contributed by atoms with E-state index in [0.717, 1.165) is 10.9 Å². The highest BCUT2D eigenvalue weighted by Gasteiger charge is 2.40. The minimum absolute atomic E-state index is 0.190. The second kappa shape index (κ2) is 5.16. The average Bonchev–Trinajstić information content (AvgIpc) is 2.74. The molecule has 2 aromatic rings. The quantitative estimate of drug-likeness (QED) is 0.879. The molecule has 1 N–H and O–H groups in total. The molecule has 1 aliphatic heterocycles. The van der Waals surface area contributed by atoms with Crippen molar-refractivity contribution in [2.45, 2.75) is 20.3 Å². The number of hydrogen-bond donors (Lipinski definition) is 1. The van der Waals surface area contributed by atoms with Crippen molar-refractivity contribution in [1.82, 2.24) is 10.4 Å². The maximum Gasteiger partial charge on any atom is 0.258 e. The molecule has 1 atom stereocenters. The molecule has 0 saturated carbocycles. The SMILES string of the molecule is CC(C)CC1C(=O)NN(c2ccnc3ccccc23)C1=O. The molecule has 1 aromatic heterocycles. The minimum Gasteiger partial charge on any atom is -0.272 e. The smallest absolute Gasteiger partial charge is 0.258 e. The first kappa shape index (κ1) is 13.5. The molecule has 5 heteroatoms. The number of nitrogens with one attached hydrogen (secondary N) is 1. The number of rotatable bonds is 3. The van der Waals surface area contributed by atoms with Crippen LogP contribution in [0.15, 0.2) is 36.5 Å². The fourth-order valence-electron chi connectivity index (χ4n) is 2.65. The van der Waals surface area contributed by atoms with E-state index >= 15 is 0 Å². The molecule has 21 heavy (non-hydrogen) atoms. The van der Waals surface area contributed by atoms with Crippen LogP contribution in [0.4, 0.5) is 5.69 Å². The number of carbonyl (C=O) groups excluding carboxylic acids is 2. The highest BCUT2D eigenvalue weighted by molar-refractivity contribution is 6.16. The van der Waals surface area contributed by atoms with Gasteiger partial charge in [-0.25, -0.2) is 5.01 Å². The molecule has 3 rings (SSSR count). The number of nitrogens with zero attached hydrogens (tertiary/aromatic N) is 2. The van der Waals surface area contributed by atoms with Crippen LogP contribution in [0, 0.1) is 11.8 Å². The molecule has 2 heterocycles. The largest absolute Gasteiger partial charge is 0.272 e. The Bertz CT molecular complexity index is 706. The molecular weight excluding hydrogens is 266 g/mol. The number of benzene rings is 1. The number of carbonyl (C=O) groups is 2. The Kier molecular flexibility index (Phi) is 3.33. The van der Waals surface area contributed by atoms with Gasteiger partial charge in [-0.05, 0) is 24.5 Å². The Morgan fingerprint density at radius 3 is 2.76 bits per heavy atom. The van der Waals surface area contributed by atoms with Gasteiger partial charge in [-0.15, -0.1) is 0 Å². The highest BCUT2D eigenvalue weighted by atomic mass is 16.2. The van der Waals surface area contributed by atoms with Crippen molar-refractivity contribution in [3.05, 3.63) is 36.5 Å². The Morgan fingerprint density at radius 2 is 2.00 bits per heavy atom. The lowest BCUT2D eigenvalue weighted by atomic mass is 9.96. The van der Waals surface area contributed by atoms with Crippen molar-refractivity contribution in [2.24, 2.45) is 11.8 Å². The number of para-hydroxylation sites is 1. The van der Waals surface area contributed by atoms with E-state index in [9.17, 15) is 9.59 Å². The van der Waals surface area contributed by atoms with E-state index in [1.165, 1.54) is 5.01 Å². The summed E-state index contributed by atoms with van der Waals surface area (Å²) in [5.41, 5.74) is 4.15. The monoisotopic (exact) mass is 283 g/mol. The summed E-state index contributed by atoms with van der Waals surface area (Å²) in [5, 5.41) is 2.21. The Labute approximate surface area is 122 Å². The van der Waals surface area contributed by atoms with Crippen molar-refractivity contribution in [1.29, 1.82) is 0 Å². The second-order valence-corrected chi connectivity index (χ2v) is 5.68. The first-order valence-electron chi connectivity index (χ1n) is 7.06. The van der Waals surface area contributed by atoms with Gasteiger partial charge in [0, 0.05) is 11.6 Å². The number of aromatic nitrogens is 1. The number of hydrazine groups is 1. The molecule has 0 bridgehead atoms. The standard InChI is InChI=1S/C16H17N3O2/c1-10(2)9-12-15(20)18-19(16(12)21)14-7-8-17-13-6-4-3-5-11(13)14/h3-8,10,12H,9H2,1-2H3,(H,18,20). The maximum atomic E-state index is 12.5. The maximum absolute atomic E-state index is 12.5. The zero-order chi connectivity index (χ0) is 15.0. The molecule has 1 saturated heterocycles. The predicted molar refractivity (Wildman–Crippen MR) is 80.3 cm³/mol. The van der Waals surface area contributed by atoms with E-state index in [0.29, 0.717) is 18.0 Å². The lowest BCUT2D eigenvalue weighted by Gasteiger charge is -2.17. The highest BCUT2D eigenvalue weighted by Crippen LogP contribution is 2.29. The lowest BCUT2D eigenvalue weighted by molar-refractivity contribution is -0.128. The number of fused-ring (bicyclic) bond motifs is 1. The molecule has 1 aliphatic rings. The number of amides is 2. The summed E-state index contributed by atoms with van der Waals surface area (Å²) in [6.45, 7) is 4.01. The molecule has 1 unspecified atom stereocenters. The van der Waals surface area contributed by atoms with Gasteiger partial charge in [0.2, 0.25) is 0 Å². The minimum atomic E-state index is -0.600. The van der Waals surface area contributed by atoms with Crippen LogP contribution in [0.5, 0.6) is 0 Å². The molecular formula is C16H17N3O2.